The first-order chi connectivity index (χ1) is 9.36. The summed E-state index contributed by atoms with van der Waals surface area (Å²) in [5, 5.41) is 0. The van der Waals surface area contributed by atoms with Gasteiger partial charge < -0.3 is 23.7 Å². The van der Waals surface area contributed by atoms with Gasteiger partial charge in [-0.2, -0.15) is 0 Å². The monoisotopic (exact) mass is 264 g/mol. The Morgan fingerprint density at radius 2 is 1.84 bits per heavy atom. The highest BCUT2D eigenvalue weighted by atomic mass is 16.8. The maximum absolute atomic E-state index is 6.03. The number of hydrogen-bond donors (Lipinski definition) is 0. The summed E-state index contributed by atoms with van der Waals surface area (Å²) in [4.78, 5) is 0. The summed E-state index contributed by atoms with van der Waals surface area (Å²) in [6, 6.07) is 9.89. The van der Waals surface area contributed by atoms with Crippen molar-refractivity contribution in [2.24, 2.45) is 0 Å². The fourth-order valence-corrected chi connectivity index (χ4v) is 3.01. The molecular formula is C14H16O5. The molecule has 3 aliphatic rings. The number of fused-ring (bicyclic) bond motifs is 4. The van der Waals surface area contributed by atoms with Gasteiger partial charge in [0.25, 0.3) is 0 Å². The standard InChI is InChI=1S/C14H16O5/c1-15-10-9-7-16-14(17-9)12-11(10)18-13(19-12)8-5-3-2-4-6-8/h2-6,9-14H,7H2,1H3/t9-,10-,11+,12+,13?,14?/m1/s1. The van der Waals surface area contributed by atoms with E-state index in [0.717, 1.165) is 5.56 Å². The summed E-state index contributed by atoms with van der Waals surface area (Å²) in [6.45, 7) is 0.541. The molecule has 102 valence electrons. The third kappa shape index (κ3) is 1.81. The summed E-state index contributed by atoms with van der Waals surface area (Å²) in [5.74, 6) is 0. The SMILES string of the molecule is CO[C@H]1[C@@H]2OC(c3ccccc3)O[C@@H]2C2OC[C@H]1O2. The minimum atomic E-state index is -0.375. The molecule has 0 spiro atoms. The molecule has 2 bridgehead atoms. The normalized spacial score (nSPS) is 44.3. The highest BCUT2D eigenvalue weighted by molar-refractivity contribution is 5.17. The molecule has 5 nitrogen and oxygen atoms in total. The van der Waals surface area contributed by atoms with Crippen LogP contribution in [-0.4, -0.2) is 44.4 Å². The third-order valence-corrected chi connectivity index (χ3v) is 3.92. The molecule has 19 heavy (non-hydrogen) atoms. The van der Waals surface area contributed by atoms with Crippen molar-refractivity contribution in [2.45, 2.75) is 37.0 Å². The molecule has 3 heterocycles. The second kappa shape index (κ2) is 4.54. The molecule has 0 radical (unpaired) electrons. The van der Waals surface area contributed by atoms with Gasteiger partial charge in [-0.1, -0.05) is 30.3 Å². The van der Waals surface area contributed by atoms with Crippen molar-refractivity contribution in [3.05, 3.63) is 35.9 Å². The summed E-state index contributed by atoms with van der Waals surface area (Å²) >= 11 is 0. The molecule has 4 rings (SSSR count). The fourth-order valence-electron chi connectivity index (χ4n) is 3.01. The Morgan fingerprint density at radius 3 is 2.63 bits per heavy atom. The number of ether oxygens (including phenoxy) is 5. The van der Waals surface area contributed by atoms with E-state index in [9.17, 15) is 0 Å². The van der Waals surface area contributed by atoms with E-state index in [1.54, 1.807) is 7.11 Å². The van der Waals surface area contributed by atoms with Gasteiger partial charge in [-0.3, -0.25) is 0 Å². The molecule has 0 N–H and O–H groups in total. The highest BCUT2D eigenvalue weighted by Crippen LogP contribution is 2.42. The fraction of sp³-hybridized carbons (Fsp3) is 0.571. The average molecular weight is 264 g/mol. The Labute approximate surface area is 111 Å². The molecule has 6 atom stereocenters. The molecule has 3 saturated heterocycles. The minimum absolute atomic E-state index is 0.0608. The van der Waals surface area contributed by atoms with Gasteiger partial charge in [0.15, 0.2) is 12.6 Å². The Balaban J connectivity index is 1.60. The van der Waals surface area contributed by atoms with E-state index in [1.165, 1.54) is 0 Å². The Bertz CT molecular complexity index is 450. The van der Waals surface area contributed by atoms with Gasteiger partial charge in [0.2, 0.25) is 0 Å². The minimum Gasteiger partial charge on any atom is -0.376 e. The maximum Gasteiger partial charge on any atom is 0.187 e. The van der Waals surface area contributed by atoms with Crippen molar-refractivity contribution in [3.63, 3.8) is 0 Å². The summed E-state index contributed by atoms with van der Waals surface area (Å²) in [5.41, 5.74) is 1.00. The van der Waals surface area contributed by atoms with Crippen LogP contribution in [0.15, 0.2) is 30.3 Å². The molecular weight excluding hydrogens is 248 g/mol. The molecule has 3 fully saturated rings. The molecule has 0 amide bonds. The molecule has 1 aromatic rings. The average Bonchev–Trinajstić information content (AvgIpc) is 3.07. The van der Waals surface area contributed by atoms with Crippen LogP contribution in [-0.2, 0) is 23.7 Å². The predicted octanol–water partition coefficient (Wildman–Crippen LogP) is 1.24. The zero-order valence-electron chi connectivity index (χ0n) is 10.6. The van der Waals surface area contributed by atoms with E-state index < -0.39 is 0 Å². The van der Waals surface area contributed by atoms with E-state index in [2.05, 4.69) is 0 Å². The van der Waals surface area contributed by atoms with Crippen molar-refractivity contribution in [3.8, 4) is 0 Å². The van der Waals surface area contributed by atoms with Crippen LogP contribution < -0.4 is 0 Å². The number of methoxy groups -OCH3 is 1. The van der Waals surface area contributed by atoms with Gasteiger partial charge in [-0.05, 0) is 0 Å². The van der Waals surface area contributed by atoms with Crippen LogP contribution in [0.25, 0.3) is 0 Å². The van der Waals surface area contributed by atoms with Crippen LogP contribution >= 0.6 is 0 Å². The first-order valence-corrected chi connectivity index (χ1v) is 6.52. The summed E-state index contributed by atoms with van der Waals surface area (Å²) < 4.78 is 28.8. The molecule has 3 aliphatic heterocycles. The maximum atomic E-state index is 6.03. The Hall–Kier alpha value is -0.980. The number of rotatable bonds is 2. The van der Waals surface area contributed by atoms with Crippen molar-refractivity contribution in [1.82, 2.24) is 0 Å². The zero-order valence-corrected chi connectivity index (χ0v) is 10.6. The lowest BCUT2D eigenvalue weighted by atomic mass is 10.0. The number of benzene rings is 1. The molecule has 2 unspecified atom stereocenters. The van der Waals surface area contributed by atoms with E-state index in [-0.39, 0.29) is 37.0 Å². The van der Waals surface area contributed by atoms with E-state index in [4.69, 9.17) is 23.7 Å². The molecule has 0 aliphatic carbocycles. The molecule has 5 heteroatoms. The smallest absolute Gasteiger partial charge is 0.187 e. The van der Waals surface area contributed by atoms with Crippen molar-refractivity contribution >= 4 is 0 Å². The van der Waals surface area contributed by atoms with Crippen LogP contribution in [0.3, 0.4) is 0 Å². The second-order valence-electron chi connectivity index (χ2n) is 5.02. The first-order valence-electron chi connectivity index (χ1n) is 6.52. The van der Waals surface area contributed by atoms with Crippen molar-refractivity contribution in [2.75, 3.05) is 13.7 Å². The number of hydrogen-bond acceptors (Lipinski definition) is 5. The Kier molecular flexibility index (Phi) is 2.82. The lowest BCUT2D eigenvalue weighted by Crippen LogP contribution is -2.53. The van der Waals surface area contributed by atoms with Gasteiger partial charge in [0.05, 0.1) is 6.61 Å². The first kappa shape index (κ1) is 11.8. The topological polar surface area (TPSA) is 46.2 Å². The molecule has 0 saturated carbocycles. The van der Waals surface area contributed by atoms with E-state index in [1.807, 2.05) is 30.3 Å². The van der Waals surface area contributed by atoms with Gasteiger partial charge in [-0.15, -0.1) is 0 Å². The van der Waals surface area contributed by atoms with Crippen LogP contribution in [0, 0.1) is 0 Å². The lowest BCUT2D eigenvalue weighted by Gasteiger charge is -2.33. The third-order valence-electron chi connectivity index (χ3n) is 3.92. The van der Waals surface area contributed by atoms with Crippen LogP contribution in [0.2, 0.25) is 0 Å². The van der Waals surface area contributed by atoms with Gasteiger partial charge in [-0.25, -0.2) is 0 Å². The van der Waals surface area contributed by atoms with Crippen LogP contribution in [0.5, 0.6) is 0 Å². The Morgan fingerprint density at radius 1 is 1.05 bits per heavy atom. The molecule has 1 aromatic carbocycles. The van der Waals surface area contributed by atoms with E-state index >= 15 is 0 Å². The van der Waals surface area contributed by atoms with Gasteiger partial charge in [0.1, 0.15) is 24.4 Å². The van der Waals surface area contributed by atoms with Crippen molar-refractivity contribution in [1.29, 1.82) is 0 Å². The predicted molar refractivity (Wildman–Crippen MR) is 64.3 cm³/mol. The van der Waals surface area contributed by atoms with Gasteiger partial charge >= 0.3 is 0 Å². The molecule has 0 aromatic heterocycles. The largest absolute Gasteiger partial charge is 0.376 e. The summed E-state index contributed by atoms with van der Waals surface area (Å²) in [6.07, 6.45) is -1.28. The second-order valence-corrected chi connectivity index (χ2v) is 5.02. The van der Waals surface area contributed by atoms with Crippen LogP contribution in [0.1, 0.15) is 11.9 Å². The zero-order chi connectivity index (χ0) is 12.8. The van der Waals surface area contributed by atoms with Crippen molar-refractivity contribution < 1.29 is 23.7 Å². The van der Waals surface area contributed by atoms with E-state index in [0.29, 0.717) is 6.61 Å². The highest BCUT2D eigenvalue weighted by Gasteiger charge is 2.57. The quantitative estimate of drug-likeness (QED) is 0.804. The van der Waals surface area contributed by atoms with Gasteiger partial charge in [0, 0.05) is 12.7 Å². The lowest BCUT2D eigenvalue weighted by molar-refractivity contribution is -0.200. The van der Waals surface area contributed by atoms with Crippen LogP contribution in [0.4, 0.5) is 0 Å². The summed E-state index contributed by atoms with van der Waals surface area (Å²) in [7, 11) is 1.67.